The summed E-state index contributed by atoms with van der Waals surface area (Å²) < 4.78 is 0. The topological polar surface area (TPSA) is 0 Å². The Hall–Kier alpha value is 0.822. The molecule has 0 fully saturated rings. The van der Waals surface area contributed by atoms with E-state index >= 15 is 0 Å². The van der Waals surface area contributed by atoms with Crippen LogP contribution < -0.4 is 0 Å². The van der Waals surface area contributed by atoms with Crippen molar-refractivity contribution in [2.75, 3.05) is 0 Å². The van der Waals surface area contributed by atoms with Crippen LogP contribution in [0.1, 0.15) is 6.92 Å². The van der Waals surface area contributed by atoms with Crippen molar-refractivity contribution in [3.05, 3.63) is 0 Å². The van der Waals surface area contributed by atoms with Crippen molar-refractivity contribution >= 4 is 24.3 Å². The monoisotopic (exact) mass is 92.0 g/mol. The summed E-state index contributed by atoms with van der Waals surface area (Å²) in [5, 5.41) is 1.22. The zero-order valence-electron chi connectivity index (χ0n) is 2.79. The van der Waals surface area contributed by atoms with Crippen LogP contribution in [0.25, 0.3) is 0 Å². The Balaban J connectivity index is 1.97. The summed E-state index contributed by atoms with van der Waals surface area (Å²) in [7, 11) is 5.32. The molecule has 0 aromatic heterocycles. The molecular weight excluding hydrogens is 86.5 g/mol. The van der Waals surface area contributed by atoms with E-state index in [1.165, 1.54) is 5.28 Å². The third kappa shape index (κ3) is 2.82. The molecule has 0 amide bonds. The fourth-order valence-corrected chi connectivity index (χ4v) is 0. The Morgan fingerprint density at radius 1 is 2.00 bits per heavy atom. The van der Waals surface area contributed by atoms with Gasteiger partial charge in [0.15, 0.2) is 0 Å². The van der Waals surface area contributed by atoms with E-state index in [1.54, 1.807) is 0 Å². The van der Waals surface area contributed by atoms with Crippen LogP contribution in [-0.2, 0) is 0 Å². The van der Waals surface area contributed by atoms with Crippen LogP contribution in [0.2, 0.25) is 5.28 Å². The lowest BCUT2D eigenvalue weighted by Crippen LogP contribution is -1.61. The fourth-order valence-electron chi connectivity index (χ4n) is 0. The molecule has 0 aromatic rings. The minimum atomic E-state index is -0.103. The zero-order chi connectivity index (χ0) is 3.41. The Morgan fingerprint density at radius 2 is 2.25 bits per heavy atom. The minimum Gasteiger partial charge on any atom is -0.267 e. The summed E-state index contributed by atoms with van der Waals surface area (Å²) in [4.78, 5) is 0. The Morgan fingerprint density at radius 3 is 2.25 bits per heavy atom. The summed E-state index contributed by atoms with van der Waals surface area (Å²) in [6, 6.07) is 0. The largest absolute Gasteiger partial charge is 0.376 e. The molecule has 2 heteroatoms. The van der Waals surface area contributed by atoms with Crippen LogP contribution in [-0.4, -0.2) is 14.3 Å². The number of hydrogen-bond acceptors (Lipinski definition) is 0. The number of rotatable bonds is 1. The molecule has 24 valence electrons. The second-order valence-corrected chi connectivity index (χ2v) is 3.20. The van der Waals surface area contributed by atoms with Crippen LogP contribution in [0, 0.1) is 0 Å². The van der Waals surface area contributed by atoms with E-state index in [1.807, 2.05) is 0 Å². The molecule has 0 aliphatic heterocycles. The molecule has 0 aliphatic rings. The Bertz CT molecular complexity index is 8.00. The molecule has 0 heterocycles. The molecule has 0 atom stereocenters. The maximum Gasteiger partial charge on any atom is 0.376 e. The van der Waals surface area contributed by atoms with Gasteiger partial charge in [-0.25, -0.2) is 0 Å². The van der Waals surface area contributed by atoms with Gasteiger partial charge in [0.25, 0.3) is 0 Å². The van der Waals surface area contributed by atoms with Gasteiger partial charge < -0.3 is 0 Å². The minimum absolute atomic E-state index is 0.103. The second kappa shape index (κ2) is 3.82. The number of halogens is 1. The predicted molar refractivity (Wildman–Crippen MR) is 23.5 cm³/mol. The zero-order valence-corrected chi connectivity index (χ0v) is 4.96. The van der Waals surface area contributed by atoms with Crippen LogP contribution in [0.15, 0.2) is 0 Å². The SMILES string of the molecule is C[CH2][AlH][Cl]. The first-order valence-corrected chi connectivity index (χ1v) is 4.61. The maximum absolute atomic E-state index is 5.32. The van der Waals surface area contributed by atoms with E-state index in [0.717, 1.165) is 0 Å². The molecule has 0 N–H and O–H groups in total. The van der Waals surface area contributed by atoms with Gasteiger partial charge >= 0.3 is 14.3 Å². The summed E-state index contributed by atoms with van der Waals surface area (Å²) in [6.45, 7) is 2.11. The van der Waals surface area contributed by atoms with Crippen molar-refractivity contribution in [1.82, 2.24) is 0 Å². The van der Waals surface area contributed by atoms with Crippen LogP contribution in [0.4, 0.5) is 0 Å². The predicted octanol–water partition coefficient (Wildman–Crippen LogP) is 1.01. The maximum atomic E-state index is 5.32. The quantitative estimate of drug-likeness (QED) is 0.424. The summed E-state index contributed by atoms with van der Waals surface area (Å²) in [5.74, 6) is 0. The summed E-state index contributed by atoms with van der Waals surface area (Å²) >= 11 is -0.103. The molecule has 4 heavy (non-hydrogen) atoms. The van der Waals surface area contributed by atoms with Gasteiger partial charge in [-0.2, -0.15) is 0 Å². The van der Waals surface area contributed by atoms with E-state index in [2.05, 4.69) is 6.92 Å². The lowest BCUT2D eigenvalue weighted by Gasteiger charge is -1.58. The third-order valence-electron chi connectivity index (χ3n) is 0.189. The van der Waals surface area contributed by atoms with Crippen LogP contribution in [0.3, 0.4) is 0 Å². The van der Waals surface area contributed by atoms with Gasteiger partial charge in [0, 0.05) is 0 Å². The summed E-state index contributed by atoms with van der Waals surface area (Å²) in [6.07, 6.45) is 0. The molecule has 0 saturated carbocycles. The van der Waals surface area contributed by atoms with Crippen molar-refractivity contribution in [3.8, 4) is 0 Å². The van der Waals surface area contributed by atoms with Gasteiger partial charge in [-0.05, 0) is 0 Å². The number of hydrogen-bond donors (Lipinski definition) is 0. The van der Waals surface area contributed by atoms with Crippen molar-refractivity contribution < 1.29 is 0 Å². The van der Waals surface area contributed by atoms with Crippen molar-refractivity contribution in [2.45, 2.75) is 12.2 Å². The average molecular weight is 92.5 g/mol. The van der Waals surface area contributed by atoms with Crippen molar-refractivity contribution in [3.63, 3.8) is 0 Å². The van der Waals surface area contributed by atoms with E-state index in [4.69, 9.17) is 10.0 Å². The van der Waals surface area contributed by atoms with Crippen molar-refractivity contribution in [2.24, 2.45) is 0 Å². The molecule has 0 aromatic carbocycles. The molecule has 0 bridgehead atoms. The first kappa shape index (κ1) is 4.82. The van der Waals surface area contributed by atoms with E-state index in [0.29, 0.717) is 0 Å². The van der Waals surface area contributed by atoms with Crippen LogP contribution >= 0.6 is 10.0 Å². The Labute approximate surface area is 37.1 Å². The van der Waals surface area contributed by atoms with Gasteiger partial charge in [-0.1, -0.05) is 12.2 Å². The molecule has 0 spiro atoms. The second-order valence-electron chi connectivity index (χ2n) is 0.689. The van der Waals surface area contributed by atoms with E-state index < -0.39 is 0 Å². The van der Waals surface area contributed by atoms with E-state index in [9.17, 15) is 0 Å². The van der Waals surface area contributed by atoms with Gasteiger partial charge in [-0.15, -0.1) is 0 Å². The molecule has 0 rings (SSSR count). The summed E-state index contributed by atoms with van der Waals surface area (Å²) in [5.41, 5.74) is 0. The normalized spacial score (nSPS) is 6.50. The molecule has 0 radical (unpaired) electrons. The van der Waals surface area contributed by atoms with Gasteiger partial charge in [0.2, 0.25) is 0 Å². The highest BCUT2D eigenvalue weighted by Crippen LogP contribution is 1.73. The lowest BCUT2D eigenvalue weighted by atomic mass is 11.0. The molecule has 0 saturated heterocycles. The van der Waals surface area contributed by atoms with Gasteiger partial charge in [0.1, 0.15) is 0 Å². The average Bonchev–Trinajstić information content (AvgIpc) is 1.37. The van der Waals surface area contributed by atoms with Crippen molar-refractivity contribution in [1.29, 1.82) is 0 Å². The van der Waals surface area contributed by atoms with Crippen LogP contribution in [0.5, 0.6) is 0 Å². The smallest absolute Gasteiger partial charge is 0.267 e. The first-order valence-electron chi connectivity index (χ1n) is 1.47. The van der Waals surface area contributed by atoms with Gasteiger partial charge in [0.05, 0.1) is 0 Å². The first-order chi connectivity index (χ1) is 1.91. The highest BCUT2D eigenvalue weighted by molar-refractivity contribution is 6.93. The molecular formula is C2H6AlCl. The fraction of sp³-hybridized carbons (Fsp3) is 1.00. The molecule has 0 aliphatic carbocycles. The Kier molecular flexibility index (Phi) is 4.61. The lowest BCUT2D eigenvalue weighted by molar-refractivity contribution is 1.47. The van der Waals surface area contributed by atoms with Gasteiger partial charge in [-0.3, -0.25) is 10.0 Å². The highest BCUT2D eigenvalue weighted by Gasteiger charge is 1.70. The van der Waals surface area contributed by atoms with E-state index in [-0.39, 0.29) is 14.3 Å². The third-order valence-corrected chi connectivity index (χ3v) is 1.70. The standard InChI is InChI=1S/C2H5.Al.ClH.H/c1-2;;;/h1H2,2H3;;1H;/q;+1;;/p-1. The highest BCUT2D eigenvalue weighted by atomic mass is 35.6. The molecule has 0 nitrogen and oxygen atoms in total. The molecule has 0 unspecified atom stereocenters.